The zero-order valence-electron chi connectivity index (χ0n) is 23.6. The molecule has 214 valence electrons. The summed E-state index contributed by atoms with van der Waals surface area (Å²) in [6.45, 7) is 5.45. The number of rotatable bonds is 8. The maximum absolute atomic E-state index is 14.2. The fourth-order valence-electron chi connectivity index (χ4n) is 5.06. The number of carbonyl (C=O) groups is 1. The Kier molecular flexibility index (Phi) is 7.72. The summed E-state index contributed by atoms with van der Waals surface area (Å²) in [4.78, 5) is 32.6. The van der Waals surface area contributed by atoms with Gasteiger partial charge in [-0.3, -0.25) is 9.36 Å². The first-order valence-corrected chi connectivity index (χ1v) is 14.4. The Morgan fingerprint density at radius 3 is 2.40 bits per heavy atom. The predicted molar refractivity (Wildman–Crippen MR) is 167 cm³/mol. The molecule has 6 rings (SSSR count). The molecule has 0 saturated carbocycles. The topological polar surface area (TPSA) is 87.7 Å². The third-order valence-electron chi connectivity index (χ3n) is 7.10. The molecule has 1 aliphatic heterocycles. The lowest BCUT2D eigenvalue weighted by Gasteiger charge is -2.24. The number of benzene rings is 3. The van der Waals surface area contributed by atoms with E-state index in [0.29, 0.717) is 26.4 Å². The average molecular weight is 589 g/mol. The predicted octanol–water partition coefficient (Wildman–Crippen LogP) is 4.83. The molecule has 3 aromatic carbocycles. The summed E-state index contributed by atoms with van der Waals surface area (Å²) in [6.07, 6.45) is 5.27. The van der Waals surface area contributed by atoms with Gasteiger partial charge in [0.15, 0.2) is 4.80 Å². The molecule has 3 heterocycles. The summed E-state index contributed by atoms with van der Waals surface area (Å²) in [7, 11) is 1.59. The molecular weight excluding hydrogens is 560 g/mol. The fraction of sp³-hybridized carbons (Fsp3) is 0.118. The van der Waals surface area contributed by atoms with E-state index in [1.54, 1.807) is 30.7 Å². The second-order valence-corrected chi connectivity index (χ2v) is 10.8. The van der Waals surface area contributed by atoms with Gasteiger partial charge in [-0.2, -0.15) is 5.10 Å². The van der Waals surface area contributed by atoms with E-state index < -0.39 is 12.0 Å². The Hall–Kier alpha value is -5.28. The van der Waals surface area contributed by atoms with E-state index in [1.165, 1.54) is 17.4 Å². The molecule has 0 fully saturated rings. The third kappa shape index (κ3) is 5.38. The molecule has 43 heavy (non-hydrogen) atoms. The van der Waals surface area contributed by atoms with Gasteiger partial charge in [0, 0.05) is 17.3 Å². The molecule has 0 radical (unpaired) electrons. The Bertz CT molecular complexity index is 2020. The summed E-state index contributed by atoms with van der Waals surface area (Å²) in [5.41, 5.74) is 4.61. The van der Waals surface area contributed by atoms with Crippen molar-refractivity contribution in [3.05, 3.63) is 146 Å². The van der Waals surface area contributed by atoms with Crippen molar-refractivity contribution in [1.82, 2.24) is 14.3 Å². The third-order valence-corrected chi connectivity index (χ3v) is 8.09. The van der Waals surface area contributed by atoms with Crippen LogP contribution in [0.4, 0.5) is 0 Å². The molecule has 0 aliphatic carbocycles. The largest absolute Gasteiger partial charge is 0.497 e. The molecule has 0 N–H and O–H groups in total. The summed E-state index contributed by atoms with van der Waals surface area (Å²) in [5.74, 6) is 0.114. The van der Waals surface area contributed by atoms with Crippen LogP contribution in [0, 0.1) is 0 Å². The Morgan fingerprint density at radius 1 is 1.02 bits per heavy atom. The summed E-state index contributed by atoms with van der Waals surface area (Å²) in [5, 5.41) is 4.88. The van der Waals surface area contributed by atoms with Gasteiger partial charge in [-0.25, -0.2) is 14.5 Å². The molecule has 8 nitrogen and oxygen atoms in total. The van der Waals surface area contributed by atoms with Crippen molar-refractivity contribution in [3.63, 3.8) is 0 Å². The van der Waals surface area contributed by atoms with Gasteiger partial charge in [0.05, 0.1) is 40.3 Å². The number of aromatic nitrogens is 3. The van der Waals surface area contributed by atoms with Gasteiger partial charge in [-0.15, -0.1) is 0 Å². The quantitative estimate of drug-likeness (QED) is 0.192. The first kappa shape index (κ1) is 27.9. The number of carbonyl (C=O) groups excluding carboxylic acids is 1. The molecule has 1 unspecified atom stereocenters. The fourth-order valence-corrected chi connectivity index (χ4v) is 6.10. The molecule has 0 bridgehead atoms. The molecule has 5 aromatic rings. The number of nitrogens with zero attached hydrogens (tertiary/aromatic N) is 4. The average Bonchev–Trinajstić information content (AvgIpc) is 3.60. The van der Waals surface area contributed by atoms with Gasteiger partial charge in [0.25, 0.3) is 5.56 Å². The van der Waals surface area contributed by atoms with E-state index in [2.05, 4.69) is 6.58 Å². The molecule has 0 spiro atoms. The van der Waals surface area contributed by atoms with Crippen LogP contribution in [0.2, 0.25) is 0 Å². The van der Waals surface area contributed by atoms with Crippen molar-refractivity contribution in [1.29, 1.82) is 0 Å². The van der Waals surface area contributed by atoms with Gasteiger partial charge in [0.2, 0.25) is 0 Å². The van der Waals surface area contributed by atoms with Gasteiger partial charge in [-0.05, 0) is 42.8 Å². The molecule has 2 aromatic heterocycles. The zero-order chi connectivity index (χ0) is 29.9. The van der Waals surface area contributed by atoms with Gasteiger partial charge in [0.1, 0.15) is 12.4 Å². The highest BCUT2D eigenvalue weighted by atomic mass is 32.1. The second-order valence-electron chi connectivity index (χ2n) is 9.82. The summed E-state index contributed by atoms with van der Waals surface area (Å²) >= 11 is 1.27. The van der Waals surface area contributed by atoms with Crippen molar-refractivity contribution >= 4 is 23.4 Å². The van der Waals surface area contributed by atoms with Gasteiger partial charge >= 0.3 is 5.97 Å². The standard InChI is InChI=1S/C34H28N4O4S/c1-4-19-42-33(40)29-22(2)35-34-38(31(29)24-15-17-27(41-3)18-16-24)32(39)28(43-34)20-25-21-37(26-13-9-6-10-14-26)36-30(25)23-11-7-5-8-12-23/h4-18,20-21,31H,1,19H2,2-3H3. The number of ether oxygens (including phenoxy) is 2. The minimum Gasteiger partial charge on any atom is -0.497 e. The van der Waals surface area contributed by atoms with Crippen LogP contribution in [0.25, 0.3) is 23.0 Å². The number of methoxy groups -OCH3 is 1. The number of hydrogen-bond acceptors (Lipinski definition) is 7. The number of thiazole rings is 1. The van der Waals surface area contributed by atoms with Crippen LogP contribution in [-0.4, -0.2) is 34.0 Å². The van der Waals surface area contributed by atoms with Crippen LogP contribution in [0.15, 0.2) is 125 Å². The van der Waals surface area contributed by atoms with Crippen molar-refractivity contribution in [2.75, 3.05) is 13.7 Å². The van der Waals surface area contributed by atoms with Crippen LogP contribution < -0.4 is 19.6 Å². The SMILES string of the molecule is C=CCOC(=O)C1=C(C)N=c2sc(=Cc3cn(-c4ccccc4)nc3-c3ccccc3)c(=O)n2C1c1ccc(OC)cc1. The lowest BCUT2D eigenvalue weighted by atomic mass is 9.96. The molecule has 0 amide bonds. The van der Waals surface area contributed by atoms with Crippen LogP contribution in [0.3, 0.4) is 0 Å². The van der Waals surface area contributed by atoms with Crippen LogP contribution in [0.5, 0.6) is 5.75 Å². The Balaban J connectivity index is 1.54. The smallest absolute Gasteiger partial charge is 0.338 e. The highest BCUT2D eigenvalue weighted by Crippen LogP contribution is 2.32. The normalized spacial score (nSPS) is 14.7. The molecule has 1 aliphatic rings. The lowest BCUT2D eigenvalue weighted by molar-refractivity contribution is -0.138. The minimum atomic E-state index is -0.734. The Labute approximate surface area is 251 Å². The van der Waals surface area contributed by atoms with E-state index >= 15 is 0 Å². The second kappa shape index (κ2) is 11.9. The summed E-state index contributed by atoms with van der Waals surface area (Å²) in [6, 6.07) is 26.2. The molecule has 9 heteroatoms. The summed E-state index contributed by atoms with van der Waals surface area (Å²) < 4.78 is 14.6. The van der Waals surface area contributed by atoms with Crippen LogP contribution in [-0.2, 0) is 9.53 Å². The van der Waals surface area contributed by atoms with Crippen LogP contribution >= 0.6 is 11.3 Å². The molecule has 1 atom stereocenters. The van der Waals surface area contributed by atoms with Crippen molar-refractivity contribution in [2.24, 2.45) is 4.99 Å². The Morgan fingerprint density at radius 2 is 1.72 bits per heavy atom. The van der Waals surface area contributed by atoms with Gasteiger partial charge < -0.3 is 9.47 Å². The van der Waals surface area contributed by atoms with Crippen molar-refractivity contribution in [2.45, 2.75) is 13.0 Å². The van der Waals surface area contributed by atoms with E-state index in [-0.39, 0.29) is 12.2 Å². The van der Waals surface area contributed by atoms with Crippen LogP contribution in [0.1, 0.15) is 24.1 Å². The number of fused-ring (bicyclic) bond motifs is 1. The zero-order valence-corrected chi connectivity index (χ0v) is 24.5. The van der Waals surface area contributed by atoms with E-state index in [0.717, 1.165) is 28.1 Å². The van der Waals surface area contributed by atoms with E-state index in [4.69, 9.17) is 19.6 Å². The highest BCUT2D eigenvalue weighted by molar-refractivity contribution is 7.07. The van der Waals surface area contributed by atoms with Crippen molar-refractivity contribution < 1.29 is 14.3 Å². The maximum Gasteiger partial charge on any atom is 0.338 e. The first-order chi connectivity index (χ1) is 21.0. The minimum absolute atomic E-state index is 0.0447. The molecular formula is C34H28N4O4S. The monoisotopic (exact) mass is 588 g/mol. The highest BCUT2D eigenvalue weighted by Gasteiger charge is 2.33. The maximum atomic E-state index is 14.2. The van der Waals surface area contributed by atoms with E-state index in [9.17, 15) is 9.59 Å². The van der Waals surface area contributed by atoms with Gasteiger partial charge in [-0.1, -0.05) is 84.7 Å². The lowest BCUT2D eigenvalue weighted by Crippen LogP contribution is -2.39. The first-order valence-electron chi connectivity index (χ1n) is 13.6. The van der Waals surface area contributed by atoms with E-state index in [1.807, 2.05) is 89.8 Å². The number of para-hydroxylation sites is 1. The van der Waals surface area contributed by atoms with Crippen molar-refractivity contribution in [3.8, 4) is 22.7 Å². The molecule has 0 saturated heterocycles. The number of allylic oxidation sites excluding steroid dienone is 1. The number of esters is 1. The number of hydrogen-bond donors (Lipinski definition) is 0.